The van der Waals surface area contributed by atoms with Crippen molar-refractivity contribution in [1.82, 2.24) is 24.1 Å². The molecule has 3 heterocycles. The third kappa shape index (κ3) is 2.81. The van der Waals surface area contributed by atoms with Crippen LogP contribution >= 0.6 is 0 Å². The second-order valence-electron chi connectivity index (χ2n) is 5.10. The fourth-order valence-corrected chi connectivity index (χ4v) is 2.41. The summed E-state index contributed by atoms with van der Waals surface area (Å²) >= 11 is 0. The molecule has 0 spiro atoms. The number of rotatable bonds is 5. The van der Waals surface area contributed by atoms with Crippen molar-refractivity contribution < 1.29 is 0 Å². The molecule has 110 valence electrons. The molecule has 0 fully saturated rings. The number of fused-ring (bicyclic) bond motifs is 1. The Morgan fingerprint density at radius 2 is 2.19 bits per heavy atom. The van der Waals surface area contributed by atoms with Crippen molar-refractivity contribution in [3.05, 3.63) is 36.0 Å². The standard InChI is InChI=1S/C14H19N7/c1-10-8-11(2)21(19-10)6-3-4-16-13-14-17-5-7-20(14)9-12(15)18-13/h5,7-9H,3-4,6,15H2,1-2H3,(H,16,18). The summed E-state index contributed by atoms with van der Waals surface area (Å²) in [5, 5.41) is 7.74. The van der Waals surface area contributed by atoms with Gasteiger partial charge in [-0.2, -0.15) is 5.10 Å². The quantitative estimate of drug-likeness (QED) is 0.696. The first-order valence-electron chi connectivity index (χ1n) is 6.97. The molecule has 3 rings (SSSR count). The summed E-state index contributed by atoms with van der Waals surface area (Å²) in [5.41, 5.74) is 8.81. The first-order valence-corrected chi connectivity index (χ1v) is 6.97. The van der Waals surface area contributed by atoms with E-state index in [0.717, 1.165) is 30.9 Å². The number of imidazole rings is 1. The summed E-state index contributed by atoms with van der Waals surface area (Å²) < 4.78 is 3.89. The Kier molecular flexibility index (Phi) is 3.47. The average Bonchev–Trinajstić information content (AvgIpc) is 3.01. The van der Waals surface area contributed by atoms with Gasteiger partial charge in [0.25, 0.3) is 0 Å². The van der Waals surface area contributed by atoms with Crippen LogP contribution in [0.2, 0.25) is 0 Å². The summed E-state index contributed by atoms with van der Waals surface area (Å²) in [6.45, 7) is 5.74. The Labute approximate surface area is 122 Å². The highest BCUT2D eigenvalue weighted by molar-refractivity contribution is 5.64. The number of anilines is 2. The highest BCUT2D eigenvalue weighted by Gasteiger charge is 2.06. The van der Waals surface area contributed by atoms with Crippen LogP contribution in [-0.2, 0) is 6.54 Å². The van der Waals surface area contributed by atoms with Gasteiger partial charge >= 0.3 is 0 Å². The van der Waals surface area contributed by atoms with Crippen molar-refractivity contribution in [3.8, 4) is 0 Å². The molecule has 0 unspecified atom stereocenters. The largest absolute Gasteiger partial charge is 0.382 e. The smallest absolute Gasteiger partial charge is 0.180 e. The van der Waals surface area contributed by atoms with E-state index >= 15 is 0 Å². The Morgan fingerprint density at radius 1 is 1.33 bits per heavy atom. The summed E-state index contributed by atoms with van der Waals surface area (Å²) in [5.74, 6) is 1.19. The molecular formula is C14H19N7. The Morgan fingerprint density at radius 3 is 2.95 bits per heavy atom. The van der Waals surface area contributed by atoms with Crippen LogP contribution in [0.3, 0.4) is 0 Å². The molecule has 0 radical (unpaired) electrons. The molecule has 0 aliphatic rings. The zero-order valence-corrected chi connectivity index (χ0v) is 12.2. The maximum atomic E-state index is 5.79. The van der Waals surface area contributed by atoms with E-state index in [4.69, 9.17) is 5.73 Å². The lowest BCUT2D eigenvalue weighted by Gasteiger charge is -2.08. The number of nitrogens with zero attached hydrogens (tertiary/aromatic N) is 5. The van der Waals surface area contributed by atoms with Crippen molar-refractivity contribution in [2.24, 2.45) is 0 Å². The molecule has 3 N–H and O–H groups in total. The van der Waals surface area contributed by atoms with E-state index in [9.17, 15) is 0 Å². The molecule has 7 heteroatoms. The van der Waals surface area contributed by atoms with Gasteiger partial charge in [-0.1, -0.05) is 0 Å². The molecular weight excluding hydrogens is 266 g/mol. The van der Waals surface area contributed by atoms with E-state index in [1.54, 1.807) is 12.4 Å². The van der Waals surface area contributed by atoms with Crippen LogP contribution in [-0.4, -0.2) is 30.7 Å². The van der Waals surface area contributed by atoms with Crippen molar-refractivity contribution in [3.63, 3.8) is 0 Å². The van der Waals surface area contributed by atoms with E-state index < -0.39 is 0 Å². The average molecular weight is 285 g/mol. The number of hydrogen-bond donors (Lipinski definition) is 2. The Bertz CT molecular complexity index is 756. The van der Waals surface area contributed by atoms with Gasteiger partial charge in [0.15, 0.2) is 11.5 Å². The van der Waals surface area contributed by atoms with Gasteiger partial charge in [0.05, 0.1) is 11.9 Å². The van der Waals surface area contributed by atoms with Crippen LogP contribution in [0.4, 0.5) is 11.6 Å². The molecule has 0 bridgehead atoms. The molecule has 0 saturated carbocycles. The fraction of sp³-hybridized carbons (Fsp3) is 0.357. The van der Waals surface area contributed by atoms with Gasteiger partial charge in [-0.25, -0.2) is 9.97 Å². The van der Waals surface area contributed by atoms with Crippen LogP contribution in [0.5, 0.6) is 0 Å². The van der Waals surface area contributed by atoms with E-state index in [0.29, 0.717) is 11.6 Å². The minimum absolute atomic E-state index is 0.474. The van der Waals surface area contributed by atoms with Gasteiger partial charge in [0.2, 0.25) is 0 Å². The molecule has 0 aliphatic carbocycles. The minimum Gasteiger partial charge on any atom is -0.382 e. The fourth-order valence-electron chi connectivity index (χ4n) is 2.41. The number of hydrogen-bond acceptors (Lipinski definition) is 5. The van der Waals surface area contributed by atoms with Crippen LogP contribution in [0.15, 0.2) is 24.7 Å². The number of nitrogens with one attached hydrogen (secondary N) is 1. The van der Waals surface area contributed by atoms with E-state index in [1.807, 2.05) is 22.2 Å². The lowest BCUT2D eigenvalue weighted by molar-refractivity contribution is 0.573. The molecule has 0 atom stereocenters. The minimum atomic E-state index is 0.474. The van der Waals surface area contributed by atoms with Crippen LogP contribution < -0.4 is 11.1 Å². The Balaban J connectivity index is 1.62. The number of aromatic nitrogens is 5. The number of nitrogens with two attached hydrogens (primary N) is 1. The van der Waals surface area contributed by atoms with Crippen molar-refractivity contribution >= 4 is 17.3 Å². The highest BCUT2D eigenvalue weighted by atomic mass is 15.3. The monoisotopic (exact) mass is 285 g/mol. The molecule has 3 aromatic heterocycles. The zero-order valence-electron chi connectivity index (χ0n) is 12.2. The van der Waals surface area contributed by atoms with Crippen LogP contribution in [0.25, 0.3) is 5.65 Å². The van der Waals surface area contributed by atoms with Crippen molar-refractivity contribution in [2.45, 2.75) is 26.8 Å². The molecule has 21 heavy (non-hydrogen) atoms. The van der Waals surface area contributed by atoms with Gasteiger partial charge in [0, 0.05) is 31.2 Å². The van der Waals surface area contributed by atoms with Crippen molar-refractivity contribution in [2.75, 3.05) is 17.6 Å². The summed E-state index contributed by atoms with van der Waals surface area (Å²) in [4.78, 5) is 8.58. The van der Waals surface area contributed by atoms with Gasteiger partial charge in [-0.05, 0) is 26.3 Å². The SMILES string of the molecule is Cc1cc(C)n(CCCNc2nc(N)cn3ccnc23)n1. The molecule has 0 aromatic carbocycles. The molecule has 3 aromatic rings. The molecule has 0 amide bonds. The third-order valence-electron chi connectivity index (χ3n) is 3.34. The summed E-state index contributed by atoms with van der Waals surface area (Å²) in [6.07, 6.45) is 6.29. The Hall–Kier alpha value is -2.57. The second kappa shape index (κ2) is 5.43. The first kappa shape index (κ1) is 13.4. The van der Waals surface area contributed by atoms with Crippen LogP contribution in [0, 0.1) is 13.8 Å². The van der Waals surface area contributed by atoms with Gasteiger partial charge in [0.1, 0.15) is 5.82 Å². The molecule has 0 aliphatic heterocycles. The predicted octanol–water partition coefficient (Wildman–Crippen LogP) is 1.63. The molecule has 0 saturated heterocycles. The highest BCUT2D eigenvalue weighted by Crippen LogP contribution is 2.14. The van der Waals surface area contributed by atoms with E-state index in [2.05, 4.69) is 33.4 Å². The predicted molar refractivity (Wildman–Crippen MR) is 82.2 cm³/mol. The first-order chi connectivity index (χ1) is 10.1. The lowest BCUT2D eigenvalue weighted by atomic mass is 10.4. The van der Waals surface area contributed by atoms with E-state index in [1.165, 1.54) is 5.69 Å². The third-order valence-corrected chi connectivity index (χ3v) is 3.34. The van der Waals surface area contributed by atoms with Crippen LogP contribution in [0.1, 0.15) is 17.8 Å². The van der Waals surface area contributed by atoms with E-state index in [-0.39, 0.29) is 0 Å². The van der Waals surface area contributed by atoms with Gasteiger partial charge in [-0.3, -0.25) is 4.68 Å². The second-order valence-corrected chi connectivity index (χ2v) is 5.10. The van der Waals surface area contributed by atoms with Gasteiger partial charge in [-0.15, -0.1) is 0 Å². The maximum Gasteiger partial charge on any atom is 0.180 e. The maximum absolute atomic E-state index is 5.79. The molecule has 7 nitrogen and oxygen atoms in total. The van der Waals surface area contributed by atoms with Crippen molar-refractivity contribution in [1.29, 1.82) is 0 Å². The zero-order chi connectivity index (χ0) is 14.8. The number of aryl methyl sites for hydroxylation is 3. The van der Waals surface area contributed by atoms with Gasteiger partial charge < -0.3 is 15.5 Å². The summed E-state index contributed by atoms with van der Waals surface area (Å²) in [7, 11) is 0. The topological polar surface area (TPSA) is 86.1 Å². The lowest BCUT2D eigenvalue weighted by Crippen LogP contribution is -2.11. The summed E-state index contributed by atoms with van der Waals surface area (Å²) in [6, 6.07) is 2.08. The number of nitrogen functional groups attached to an aromatic ring is 1. The normalized spacial score (nSPS) is 11.1.